The van der Waals surface area contributed by atoms with Crippen LogP contribution in [0.25, 0.3) is 11.1 Å². The van der Waals surface area contributed by atoms with Crippen molar-refractivity contribution in [2.75, 3.05) is 25.0 Å². The van der Waals surface area contributed by atoms with Crippen LogP contribution in [0.5, 0.6) is 0 Å². The molecule has 0 radical (unpaired) electrons. The van der Waals surface area contributed by atoms with E-state index in [9.17, 15) is 0 Å². The molecule has 178 valence electrons. The monoisotopic (exact) mass is 594 g/mol. The van der Waals surface area contributed by atoms with E-state index in [4.69, 9.17) is 0 Å². The SMILES string of the molecule is CSC1=C(SC)SC(=C(C(=C2SC(SC)=C(SC)S2)c2ccccc2C)c2ccccc2C)S1. The molecule has 0 amide bonds. The summed E-state index contributed by atoms with van der Waals surface area (Å²) in [6, 6.07) is 17.7. The average Bonchev–Trinajstić information content (AvgIpc) is 3.47. The van der Waals surface area contributed by atoms with Gasteiger partial charge in [0.2, 0.25) is 0 Å². The molecule has 2 aromatic carbocycles. The molecule has 0 fully saturated rings. The number of hydrogen-bond acceptors (Lipinski definition) is 8. The van der Waals surface area contributed by atoms with Gasteiger partial charge >= 0.3 is 0 Å². The van der Waals surface area contributed by atoms with Crippen LogP contribution >= 0.6 is 94.1 Å². The van der Waals surface area contributed by atoms with Crippen molar-refractivity contribution < 1.29 is 0 Å². The van der Waals surface area contributed by atoms with E-state index >= 15 is 0 Å². The second-order valence-electron chi connectivity index (χ2n) is 7.33. The van der Waals surface area contributed by atoms with Crippen LogP contribution in [0.2, 0.25) is 0 Å². The van der Waals surface area contributed by atoms with Gasteiger partial charge in [0.15, 0.2) is 0 Å². The van der Waals surface area contributed by atoms with E-state index in [1.54, 1.807) is 0 Å². The Morgan fingerprint density at radius 2 is 0.794 bits per heavy atom. The number of hydrogen-bond donors (Lipinski definition) is 0. The van der Waals surface area contributed by atoms with Crippen molar-refractivity contribution >= 4 is 105 Å². The van der Waals surface area contributed by atoms with Crippen molar-refractivity contribution in [2.45, 2.75) is 13.8 Å². The fraction of sp³-hybridized carbons (Fsp3) is 0.231. The highest BCUT2D eigenvalue weighted by atomic mass is 32.3. The zero-order chi connectivity index (χ0) is 24.2. The number of thioether (sulfide) groups is 8. The predicted octanol–water partition coefficient (Wildman–Crippen LogP) is 11.0. The highest BCUT2D eigenvalue weighted by Crippen LogP contribution is 2.64. The van der Waals surface area contributed by atoms with E-state index in [2.05, 4.69) is 87.4 Å². The highest BCUT2D eigenvalue weighted by Gasteiger charge is 2.31. The Hall–Kier alpha value is 0.200. The van der Waals surface area contributed by atoms with Crippen LogP contribution < -0.4 is 0 Å². The Kier molecular flexibility index (Phi) is 10.1. The van der Waals surface area contributed by atoms with Gasteiger partial charge in [0, 0.05) is 11.1 Å². The lowest BCUT2D eigenvalue weighted by Gasteiger charge is -2.21. The van der Waals surface area contributed by atoms with Crippen LogP contribution in [0.3, 0.4) is 0 Å². The van der Waals surface area contributed by atoms with Crippen molar-refractivity contribution in [3.05, 3.63) is 96.2 Å². The molecule has 2 heterocycles. The maximum atomic E-state index is 2.30. The van der Waals surface area contributed by atoms with Crippen molar-refractivity contribution in [1.29, 1.82) is 0 Å². The molecule has 34 heavy (non-hydrogen) atoms. The Bertz CT molecular complexity index is 1090. The molecule has 0 aliphatic carbocycles. The van der Waals surface area contributed by atoms with E-state index in [0.717, 1.165) is 0 Å². The maximum absolute atomic E-state index is 2.30. The topological polar surface area (TPSA) is 0 Å². The van der Waals surface area contributed by atoms with Gasteiger partial charge in [-0.1, -0.05) is 95.6 Å². The third-order valence-corrected chi connectivity index (χ3v) is 15.8. The largest absolute Gasteiger partial charge is 0.121 e. The minimum Gasteiger partial charge on any atom is -0.121 e. The summed E-state index contributed by atoms with van der Waals surface area (Å²) in [5, 5.41) is 0. The fourth-order valence-electron chi connectivity index (χ4n) is 3.65. The summed E-state index contributed by atoms with van der Waals surface area (Å²) in [5.74, 6) is 0. The van der Waals surface area contributed by atoms with Gasteiger partial charge in [-0.25, -0.2) is 0 Å². The van der Waals surface area contributed by atoms with Crippen LogP contribution in [-0.4, -0.2) is 25.0 Å². The molecule has 0 atom stereocenters. The van der Waals surface area contributed by atoms with Gasteiger partial charge in [-0.2, -0.15) is 0 Å². The summed E-state index contributed by atoms with van der Waals surface area (Å²) in [4.78, 5) is 0. The van der Waals surface area contributed by atoms with E-state index in [1.165, 1.54) is 58.8 Å². The molecule has 0 aromatic heterocycles. The summed E-state index contributed by atoms with van der Waals surface area (Å²) in [6.07, 6.45) is 8.77. The van der Waals surface area contributed by atoms with Crippen LogP contribution in [0.1, 0.15) is 22.3 Å². The molecule has 0 N–H and O–H groups in total. The fourth-order valence-corrected chi connectivity index (χ4v) is 13.9. The second kappa shape index (κ2) is 12.6. The highest BCUT2D eigenvalue weighted by molar-refractivity contribution is 8.41. The summed E-state index contributed by atoms with van der Waals surface area (Å²) in [5.41, 5.74) is 8.03. The molecule has 8 heteroatoms. The molecule has 0 spiro atoms. The minimum atomic E-state index is 1.32. The lowest BCUT2D eigenvalue weighted by atomic mass is 9.90. The Balaban J connectivity index is 2.02. The zero-order valence-electron chi connectivity index (χ0n) is 19.9. The standard InChI is InChI=1S/C26H26S8/c1-15-11-7-9-13-17(15)19(21-31-23(27-3)24(28-4)32-21)20(18-14-10-8-12-16(18)2)22-33-25(29-5)26(30-6)34-22/h7-14H,1-6H3. The summed E-state index contributed by atoms with van der Waals surface area (Å²) >= 11 is 15.2. The maximum Gasteiger partial charge on any atom is 0.0657 e. The molecule has 0 saturated heterocycles. The molecule has 2 aliphatic heterocycles. The van der Waals surface area contributed by atoms with E-state index in [1.807, 2.05) is 94.1 Å². The first-order valence-corrected chi connectivity index (χ1v) is 18.7. The third kappa shape index (κ3) is 5.69. The van der Waals surface area contributed by atoms with E-state index in [-0.39, 0.29) is 0 Å². The predicted molar refractivity (Wildman–Crippen MR) is 175 cm³/mol. The second-order valence-corrected chi connectivity index (χ2v) is 16.2. The Morgan fingerprint density at radius 3 is 1.06 bits per heavy atom. The molecular formula is C26H26S8. The number of aryl methyl sites for hydroxylation is 2. The molecule has 0 saturated carbocycles. The van der Waals surface area contributed by atoms with Gasteiger partial charge in [-0.05, 0) is 61.1 Å². The van der Waals surface area contributed by atoms with Gasteiger partial charge in [-0.15, -0.1) is 47.0 Å². The number of allylic oxidation sites excluding steroid dienone is 2. The van der Waals surface area contributed by atoms with Crippen LogP contribution in [0.15, 0.2) is 74.0 Å². The molecule has 4 rings (SSSR count). The van der Waals surface area contributed by atoms with Gasteiger partial charge in [0.05, 0.1) is 25.4 Å². The first-order valence-electron chi connectivity index (χ1n) is 10.5. The average molecular weight is 595 g/mol. The van der Waals surface area contributed by atoms with Crippen molar-refractivity contribution in [1.82, 2.24) is 0 Å². The first kappa shape index (κ1) is 27.2. The van der Waals surface area contributed by atoms with Gasteiger partial charge in [0.25, 0.3) is 0 Å². The van der Waals surface area contributed by atoms with Crippen LogP contribution in [0.4, 0.5) is 0 Å². The molecule has 2 aromatic rings. The van der Waals surface area contributed by atoms with E-state index in [0.29, 0.717) is 0 Å². The van der Waals surface area contributed by atoms with E-state index < -0.39 is 0 Å². The van der Waals surface area contributed by atoms with Crippen LogP contribution in [0, 0.1) is 13.8 Å². The van der Waals surface area contributed by atoms with Crippen molar-refractivity contribution in [3.8, 4) is 0 Å². The Morgan fingerprint density at radius 1 is 0.500 bits per heavy atom. The summed E-state index contributed by atoms with van der Waals surface area (Å²) < 4.78 is 8.41. The quantitative estimate of drug-likeness (QED) is 0.306. The third-order valence-electron chi connectivity index (χ3n) is 5.30. The molecule has 2 aliphatic rings. The number of rotatable bonds is 7. The lowest BCUT2D eigenvalue weighted by molar-refractivity contribution is 1.41. The van der Waals surface area contributed by atoms with Gasteiger partial charge < -0.3 is 0 Å². The number of benzene rings is 2. The van der Waals surface area contributed by atoms with Gasteiger partial charge in [-0.3, -0.25) is 0 Å². The summed E-state index contributed by atoms with van der Waals surface area (Å²) in [7, 11) is 0. The van der Waals surface area contributed by atoms with Crippen molar-refractivity contribution in [3.63, 3.8) is 0 Å². The zero-order valence-corrected chi connectivity index (χ0v) is 26.4. The normalized spacial score (nSPS) is 16.2. The molecule has 0 bridgehead atoms. The first-order chi connectivity index (χ1) is 16.5. The lowest BCUT2D eigenvalue weighted by Crippen LogP contribution is -1.99. The Labute approximate surface area is 238 Å². The molecular weight excluding hydrogens is 569 g/mol. The summed E-state index contributed by atoms with van der Waals surface area (Å²) in [6.45, 7) is 4.49. The molecule has 0 nitrogen and oxygen atoms in total. The minimum absolute atomic E-state index is 1.32. The molecule has 0 unspecified atom stereocenters. The van der Waals surface area contributed by atoms with Crippen LogP contribution in [-0.2, 0) is 0 Å². The van der Waals surface area contributed by atoms with Crippen molar-refractivity contribution in [2.24, 2.45) is 0 Å². The van der Waals surface area contributed by atoms with Gasteiger partial charge in [0.1, 0.15) is 0 Å². The smallest absolute Gasteiger partial charge is 0.0657 e.